The Kier molecular flexibility index (Phi) is 10.9. The molecule has 0 bridgehead atoms. The fraction of sp³-hybridized carbons (Fsp3) is 0.500. The molecule has 4 N–H and O–H groups in total. The number of hydrogen-bond donors (Lipinski definition) is 3. The van der Waals surface area contributed by atoms with E-state index in [1.165, 1.54) is 70.3 Å². The minimum Gasteiger partial charge on any atom is -0.478 e. The van der Waals surface area contributed by atoms with Crippen molar-refractivity contribution in [3.63, 3.8) is 0 Å². The number of fused-ring (bicyclic) bond motifs is 1. The Bertz CT molecular complexity index is 1010. The van der Waals surface area contributed by atoms with E-state index in [-0.39, 0.29) is 33.0 Å². The van der Waals surface area contributed by atoms with Crippen molar-refractivity contribution >= 4 is 34.9 Å². The predicted octanol–water partition coefficient (Wildman–Crippen LogP) is 6.32. The number of carbonyl (C=O) groups excluding carboxylic acids is 2. The van der Waals surface area contributed by atoms with Crippen molar-refractivity contribution in [1.82, 2.24) is 0 Å². The maximum Gasteiger partial charge on any atom is 0.336 e. The molecular formula is C28H37NO6. The topological polar surface area (TPSA) is 135 Å². The van der Waals surface area contributed by atoms with E-state index in [4.69, 9.17) is 5.73 Å². The van der Waals surface area contributed by atoms with E-state index >= 15 is 0 Å². The van der Waals surface area contributed by atoms with E-state index in [0.29, 0.717) is 6.29 Å². The van der Waals surface area contributed by atoms with Crippen molar-refractivity contribution < 1.29 is 29.4 Å². The molecule has 190 valence electrons. The highest BCUT2D eigenvalue weighted by molar-refractivity contribution is 6.21. The quantitative estimate of drug-likeness (QED) is 0.435. The molecule has 0 aromatic heterocycles. The molecule has 0 atom stereocenters. The Balaban J connectivity index is 0.000000249. The summed E-state index contributed by atoms with van der Waals surface area (Å²) >= 11 is 0. The molecule has 2 aliphatic carbocycles. The lowest BCUT2D eigenvalue weighted by molar-refractivity contribution is 0.0686. The lowest BCUT2D eigenvalue weighted by Gasteiger charge is -2.15. The summed E-state index contributed by atoms with van der Waals surface area (Å²) in [5, 5.41) is 18.1. The summed E-state index contributed by atoms with van der Waals surface area (Å²) in [5.41, 5.74) is 4.43. The van der Waals surface area contributed by atoms with Gasteiger partial charge in [-0.15, -0.1) is 0 Å². The van der Waals surface area contributed by atoms with Gasteiger partial charge in [-0.1, -0.05) is 84.1 Å². The van der Waals surface area contributed by atoms with Gasteiger partial charge in [-0.25, -0.2) is 9.59 Å². The molecule has 0 heterocycles. The summed E-state index contributed by atoms with van der Waals surface area (Å²) < 4.78 is 0. The highest BCUT2D eigenvalue weighted by atomic mass is 16.4. The summed E-state index contributed by atoms with van der Waals surface area (Å²) in [7, 11) is 0. The standard InChI is InChI=1S/C14H9NO6.2C7H14/c15-12(17)7-3-4-8(13(18)19)10-6(5-16)1-2-9(11(7)10)14(20)21;2*1-7-5-3-2-4-6-7/h1-5H,(H2,15,17)(H,18,19)(H,20,21);2*7H,2-6H2,1H3. The summed E-state index contributed by atoms with van der Waals surface area (Å²) in [4.78, 5) is 45.1. The Morgan fingerprint density at radius 2 is 1.11 bits per heavy atom. The summed E-state index contributed by atoms with van der Waals surface area (Å²) in [6.07, 6.45) is 15.3. The lowest BCUT2D eigenvalue weighted by atomic mass is 9.91. The number of rotatable bonds is 4. The Hall–Kier alpha value is -3.22. The second-order valence-corrected chi connectivity index (χ2v) is 9.69. The molecule has 2 fully saturated rings. The number of hydrogen-bond acceptors (Lipinski definition) is 4. The van der Waals surface area contributed by atoms with Gasteiger partial charge in [0.25, 0.3) is 0 Å². The van der Waals surface area contributed by atoms with Gasteiger partial charge in [0.05, 0.1) is 11.1 Å². The van der Waals surface area contributed by atoms with E-state index in [1.54, 1.807) is 0 Å². The number of primary amides is 1. The van der Waals surface area contributed by atoms with Gasteiger partial charge in [0, 0.05) is 21.9 Å². The average molecular weight is 484 g/mol. The molecule has 2 saturated carbocycles. The third-order valence-corrected chi connectivity index (χ3v) is 6.83. The number of aldehydes is 1. The van der Waals surface area contributed by atoms with Crippen LogP contribution >= 0.6 is 0 Å². The molecule has 0 radical (unpaired) electrons. The van der Waals surface area contributed by atoms with Crippen LogP contribution in [-0.4, -0.2) is 34.3 Å². The van der Waals surface area contributed by atoms with E-state index in [1.807, 2.05) is 0 Å². The van der Waals surface area contributed by atoms with Crippen LogP contribution in [0.3, 0.4) is 0 Å². The lowest BCUT2D eigenvalue weighted by Crippen LogP contribution is -2.15. The van der Waals surface area contributed by atoms with Gasteiger partial charge in [-0.05, 0) is 30.0 Å². The fourth-order valence-electron chi connectivity index (χ4n) is 4.80. The van der Waals surface area contributed by atoms with Crippen molar-refractivity contribution in [2.75, 3.05) is 0 Å². The van der Waals surface area contributed by atoms with Crippen molar-refractivity contribution in [2.24, 2.45) is 17.6 Å². The number of nitrogens with two attached hydrogens (primary N) is 1. The van der Waals surface area contributed by atoms with Gasteiger partial charge in [0.15, 0.2) is 6.29 Å². The van der Waals surface area contributed by atoms with Crippen LogP contribution in [-0.2, 0) is 0 Å². The Labute approximate surface area is 206 Å². The Morgan fingerprint density at radius 3 is 1.46 bits per heavy atom. The smallest absolute Gasteiger partial charge is 0.336 e. The Morgan fingerprint density at radius 1 is 0.714 bits per heavy atom. The van der Waals surface area contributed by atoms with Gasteiger partial charge in [0.2, 0.25) is 5.91 Å². The zero-order valence-electron chi connectivity index (χ0n) is 20.7. The van der Waals surface area contributed by atoms with Gasteiger partial charge in [-0.2, -0.15) is 0 Å². The normalized spacial score (nSPS) is 16.3. The minimum atomic E-state index is -1.36. The molecule has 0 saturated heterocycles. The van der Waals surface area contributed by atoms with E-state index in [2.05, 4.69) is 13.8 Å². The maximum absolute atomic E-state index is 11.5. The van der Waals surface area contributed by atoms with Crippen molar-refractivity contribution in [1.29, 1.82) is 0 Å². The number of carboxylic acids is 2. The molecule has 4 rings (SSSR count). The first-order valence-corrected chi connectivity index (χ1v) is 12.5. The van der Waals surface area contributed by atoms with Crippen LogP contribution in [0.2, 0.25) is 0 Å². The van der Waals surface area contributed by atoms with Crippen molar-refractivity contribution in [3.8, 4) is 0 Å². The minimum absolute atomic E-state index is 0.0319. The van der Waals surface area contributed by atoms with Crippen LogP contribution in [0.25, 0.3) is 10.8 Å². The third kappa shape index (κ3) is 7.91. The van der Waals surface area contributed by atoms with Crippen LogP contribution in [0.4, 0.5) is 0 Å². The van der Waals surface area contributed by atoms with Gasteiger partial charge in [-0.3, -0.25) is 9.59 Å². The van der Waals surface area contributed by atoms with Crippen LogP contribution in [0, 0.1) is 11.8 Å². The second-order valence-electron chi connectivity index (χ2n) is 9.69. The fourth-order valence-corrected chi connectivity index (χ4v) is 4.80. The average Bonchev–Trinajstić information content (AvgIpc) is 2.84. The first-order chi connectivity index (χ1) is 16.7. The molecule has 2 aromatic rings. The highest BCUT2D eigenvalue weighted by Gasteiger charge is 2.22. The summed E-state index contributed by atoms with van der Waals surface area (Å²) in [6.45, 7) is 4.72. The first kappa shape index (κ1) is 28.0. The van der Waals surface area contributed by atoms with Crippen LogP contribution in [0.5, 0.6) is 0 Å². The van der Waals surface area contributed by atoms with E-state index in [0.717, 1.165) is 30.0 Å². The molecule has 35 heavy (non-hydrogen) atoms. The zero-order chi connectivity index (χ0) is 26.0. The first-order valence-electron chi connectivity index (χ1n) is 12.5. The SMILES string of the molecule is CC1CCCCC1.CC1CCCCC1.NC(=O)c1ccc(C(=O)O)c2c(C=O)ccc(C(=O)O)c12. The monoisotopic (exact) mass is 483 g/mol. The maximum atomic E-state index is 11.5. The number of carboxylic acid groups (broad SMARTS) is 2. The van der Waals surface area contributed by atoms with Gasteiger partial charge in [0.1, 0.15) is 0 Å². The second kappa shape index (κ2) is 13.6. The number of amides is 1. The highest BCUT2D eigenvalue weighted by Crippen LogP contribution is 2.29. The largest absolute Gasteiger partial charge is 0.478 e. The number of carbonyl (C=O) groups is 4. The number of benzene rings is 2. The molecule has 1 amide bonds. The molecule has 0 aliphatic heterocycles. The molecular weight excluding hydrogens is 446 g/mol. The molecule has 0 unspecified atom stereocenters. The third-order valence-electron chi connectivity index (χ3n) is 6.83. The molecule has 7 nitrogen and oxygen atoms in total. The molecule has 2 aromatic carbocycles. The molecule has 7 heteroatoms. The van der Waals surface area contributed by atoms with E-state index < -0.39 is 17.8 Å². The van der Waals surface area contributed by atoms with Gasteiger partial charge < -0.3 is 15.9 Å². The zero-order valence-corrected chi connectivity index (χ0v) is 20.7. The molecule has 2 aliphatic rings. The van der Waals surface area contributed by atoms with E-state index in [9.17, 15) is 29.4 Å². The van der Waals surface area contributed by atoms with Gasteiger partial charge >= 0.3 is 11.9 Å². The molecule has 0 spiro atoms. The van der Waals surface area contributed by atoms with Crippen molar-refractivity contribution in [3.05, 3.63) is 46.5 Å². The van der Waals surface area contributed by atoms with Crippen LogP contribution < -0.4 is 5.73 Å². The summed E-state index contributed by atoms with van der Waals surface area (Å²) in [6, 6.07) is 4.57. The summed E-state index contributed by atoms with van der Waals surface area (Å²) in [5.74, 6) is -1.55. The predicted molar refractivity (Wildman–Crippen MR) is 136 cm³/mol. The van der Waals surface area contributed by atoms with Crippen molar-refractivity contribution in [2.45, 2.75) is 78.1 Å². The van der Waals surface area contributed by atoms with Crippen LogP contribution in [0.1, 0.15) is 119 Å². The number of aromatic carboxylic acids is 2. The van der Waals surface area contributed by atoms with Crippen LogP contribution in [0.15, 0.2) is 24.3 Å².